The lowest BCUT2D eigenvalue weighted by atomic mass is 10.2. The van der Waals surface area contributed by atoms with Crippen molar-refractivity contribution in [2.75, 3.05) is 12.4 Å². The quantitative estimate of drug-likeness (QED) is 0.244. The minimum absolute atomic E-state index is 0.132. The Morgan fingerprint density at radius 2 is 1.85 bits per heavy atom. The van der Waals surface area contributed by atoms with E-state index in [2.05, 4.69) is 31.8 Å². The lowest BCUT2D eigenvalue weighted by Crippen LogP contribution is -2.32. The van der Waals surface area contributed by atoms with Gasteiger partial charge in [0.2, 0.25) is 0 Å². The lowest BCUT2D eigenvalue weighted by molar-refractivity contribution is -0.136. The molecule has 0 aliphatic rings. The van der Waals surface area contributed by atoms with Gasteiger partial charge in [-0.25, -0.2) is 14.2 Å². The Bertz CT molecular complexity index is 1220. The number of hydrogen-bond acceptors (Lipinski definition) is 5. The SMILES string of the molecule is COc1cc(/C=N/NC(=O)C(=O)Nc2ccc(F)cc2)cc(Br)c1OCc1c(F)cccc1Cl. The van der Waals surface area contributed by atoms with E-state index in [1.165, 1.54) is 37.6 Å². The van der Waals surface area contributed by atoms with E-state index in [1.54, 1.807) is 18.2 Å². The van der Waals surface area contributed by atoms with Crippen LogP contribution in [-0.4, -0.2) is 25.1 Å². The summed E-state index contributed by atoms with van der Waals surface area (Å²) < 4.78 is 38.4. The summed E-state index contributed by atoms with van der Waals surface area (Å²) in [5.74, 6) is -2.34. The molecule has 176 valence electrons. The van der Waals surface area contributed by atoms with Crippen molar-refractivity contribution in [3.05, 3.63) is 86.9 Å². The number of rotatable bonds is 7. The molecule has 0 fully saturated rings. The third-order valence-corrected chi connectivity index (χ3v) is 5.31. The summed E-state index contributed by atoms with van der Waals surface area (Å²) in [5.41, 5.74) is 3.05. The van der Waals surface area contributed by atoms with Gasteiger partial charge in [0.1, 0.15) is 18.2 Å². The van der Waals surface area contributed by atoms with Crippen molar-refractivity contribution in [3.8, 4) is 11.5 Å². The second-order valence-corrected chi connectivity index (χ2v) is 7.94. The summed E-state index contributed by atoms with van der Waals surface area (Å²) in [4.78, 5) is 23.8. The zero-order chi connectivity index (χ0) is 24.7. The summed E-state index contributed by atoms with van der Waals surface area (Å²) in [5, 5.41) is 6.30. The number of halogens is 4. The predicted molar refractivity (Wildman–Crippen MR) is 127 cm³/mol. The van der Waals surface area contributed by atoms with Crippen LogP contribution in [0.25, 0.3) is 0 Å². The molecule has 34 heavy (non-hydrogen) atoms. The topological polar surface area (TPSA) is 89.0 Å². The van der Waals surface area contributed by atoms with E-state index >= 15 is 0 Å². The van der Waals surface area contributed by atoms with Crippen LogP contribution in [0, 0.1) is 11.6 Å². The molecular weight excluding hydrogens is 536 g/mol. The summed E-state index contributed by atoms with van der Waals surface area (Å²) in [7, 11) is 1.42. The van der Waals surface area contributed by atoms with Crippen molar-refractivity contribution in [2.45, 2.75) is 6.61 Å². The van der Waals surface area contributed by atoms with Crippen LogP contribution in [0.1, 0.15) is 11.1 Å². The molecule has 2 N–H and O–H groups in total. The first-order valence-electron chi connectivity index (χ1n) is 9.61. The number of amides is 2. The number of nitrogens with zero attached hydrogens (tertiary/aromatic N) is 1. The second-order valence-electron chi connectivity index (χ2n) is 6.68. The molecule has 0 bridgehead atoms. The molecule has 0 saturated carbocycles. The molecule has 3 rings (SSSR count). The van der Waals surface area contributed by atoms with Gasteiger partial charge in [-0.3, -0.25) is 9.59 Å². The van der Waals surface area contributed by atoms with Gasteiger partial charge < -0.3 is 14.8 Å². The van der Waals surface area contributed by atoms with Crippen LogP contribution in [0.3, 0.4) is 0 Å². The number of carbonyl (C=O) groups is 2. The summed E-state index contributed by atoms with van der Waals surface area (Å²) in [6, 6.07) is 12.5. The molecule has 7 nitrogen and oxygen atoms in total. The van der Waals surface area contributed by atoms with Gasteiger partial charge in [-0.05, 0) is 70.0 Å². The number of nitrogens with one attached hydrogen (secondary N) is 2. The highest BCUT2D eigenvalue weighted by Gasteiger charge is 2.15. The number of carbonyl (C=O) groups excluding carboxylic acids is 2. The summed E-state index contributed by atoms with van der Waals surface area (Å²) in [6.07, 6.45) is 1.29. The van der Waals surface area contributed by atoms with Crippen LogP contribution >= 0.6 is 27.5 Å². The number of hydrazone groups is 1. The highest BCUT2D eigenvalue weighted by molar-refractivity contribution is 9.10. The fraction of sp³-hybridized carbons (Fsp3) is 0.0870. The normalized spacial score (nSPS) is 10.7. The molecule has 0 saturated heterocycles. The molecule has 0 aliphatic heterocycles. The molecule has 0 aromatic heterocycles. The van der Waals surface area contributed by atoms with Crippen LogP contribution in [0.5, 0.6) is 11.5 Å². The Kier molecular flexibility index (Phi) is 8.55. The first kappa shape index (κ1) is 25.1. The zero-order valence-electron chi connectivity index (χ0n) is 17.6. The fourth-order valence-electron chi connectivity index (χ4n) is 2.71. The van der Waals surface area contributed by atoms with Gasteiger partial charge in [-0.1, -0.05) is 17.7 Å². The Hall–Kier alpha value is -3.50. The third kappa shape index (κ3) is 6.52. The highest BCUT2D eigenvalue weighted by atomic mass is 79.9. The number of benzene rings is 3. The van der Waals surface area contributed by atoms with E-state index < -0.39 is 23.4 Å². The molecule has 0 spiro atoms. The third-order valence-electron chi connectivity index (χ3n) is 4.36. The van der Waals surface area contributed by atoms with Crippen molar-refractivity contribution >= 4 is 51.2 Å². The van der Waals surface area contributed by atoms with Crippen molar-refractivity contribution in [1.82, 2.24) is 5.43 Å². The Balaban J connectivity index is 1.64. The maximum Gasteiger partial charge on any atom is 0.329 e. The standard InChI is InChI=1S/C23H17BrClF2N3O4/c1-33-20-10-13(9-17(24)21(20)34-12-16-18(25)3-2-4-19(16)27)11-28-30-23(32)22(31)29-15-7-5-14(26)6-8-15/h2-11H,12H2,1H3,(H,29,31)(H,30,32)/b28-11+. The molecule has 0 aliphatic carbocycles. The Labute approximate surface area is 206 Å². The molecule has 0 atom stereocenters. The molecule has 0 heterocycles. The van der Waals surface area contributed by atoms with E-state index in [1.807, 2.05) is 0 Å². The molecule has 2 amide bonds. The Morgan fingerprint density at radius 1 is 1.12 bits per heavy atom. The molecule has 0 unspecified atom stereocenters. The van der Waals surface area contributed by atoms with Crippen LogP contribution < -0.4 is 20.2 Å². The summed E-state index contributed by atoms with van der Waals surface area (Å²) in [6.45, 7) is -0.132. The van der Waals surface area contributed by atoms with E-state index in [4.69, 9.17) is 21.1 Å². The van der Waals surface area contributed by atoms with Crippen LogP contribution in [0.4, 0.5) is 14.5 Å². The van der Waals surface area contributed by atoms with Crippen molar-refractivity contribution in [1.29, 1.82) is 0 Å². The monoisotopic (exact) mass is 551 g/mol. The van der Waals surface area contributed by atoms with Crippen molar-refractivity contribution in [3.63, 3.8) is 0 Å². The smallest absolute Gasteiger partial charge is 0.329 e. The van der Waals surface area contributed by atoms with Gasteiger partial charge >= 0.3 is 11.8 Å². The van der Waals surface area contributed by atoms with Crippen molar-refractivity contribution in [2.24, 2.45) is 5.10 Å². The van der Waals surface area contributed by atoms with Gasteiger partial charge in [0.15, 0.2) is 11.5 Å². The first-order chi connectivity index (χ1) is 16.3. The van der Waals surface area contributed by atoms with Gasteiger partial charge in [0, 0.05) is 11.3 Å². The molecule has 0 radical (unpaired) electrons. The molecule has 3 aromatic carbocycles. The maximum absolute atomic E-state index is 14.0. The fourth-order valence-corrected chi connectivity index (χ4v) is 3.50. The molecule has 11 heteroatoms. The minimum atomic E-state index is -1.02. The van der Waals surface area contributed by atoms with E-state index in [0.717, 1.165) is 12.1 Å². The Morgan fingerprint density at radius 3 is 2.53 bits per heavy atom. The highest BCUT2D eigenvalue weighted by Crippen LogP contribution is 2.37. The van der Waals surface area contributed by atoms with Gasteiger partial charge in [-0.15, -0.1) is 0 Å². The van der Waals surface area contributed by atoms with Gasteiger partial charge in [0.25, 0.3) is 0 Å². The van der Waals surface area contributed by atoms with Crippen molar-refractivity contribution < 1.29 is 27.8 Å². The molecule has 3 aromatic rings. The summed E-state index contributed by atoms with van der Waals surface area (Å²) >= 11 is 9.40. The first-order valence-corrected chi connectivity index (χ1v) is 10.8. The minimum Gasteiger partial charge on any atom is -0.493 e. The number of ether oxygens (including phenoxy) is 2. The number of anilines is 1. The second kappa shape index (κ2) is 11.6. The maximum atomic E-state index is 14.0. The zero-order valence-corrected chi connectivity index (χ0v) is 19.9. The van der Waals surface area contributed by atoms with Crippen LogP contribution in [-0.2, 0) is 16.2 Å². The number of methoxy groups -OCH3 is 1. The predicted octanol–water partition coefficient (Wildman–Crippen LogP) is 5.06. The number of hydrogen-bond donors (Lipinski definition) is 2. The molecular formula is C23H17BrClF2N3O4. The van der Waals surface area contributed by atoms with E-state index in [9.17, 15) is 18.4 Å². The van der Waals surface area contributed by atoms with E-state index in [0.29, 0.717) is 21.5 Å². The van der Waals surface area contributed by atoms with Crippen LogP contribution in [0.2, 0.25) is 5.02 Å². The van der Waals surface area contributed by atoms with Gasteiger partial charge in [0.05, 0.1) is 22.8 Å². The lowest BCUT2D eigenvalue weighted by Gasteiger charge is -2.14. The van der Waals surface area contributed by atoms with Crippen LogP contribution in [0.15, 0.2) is 64.2 Å². The average Bonchev–Trinajstić information content (AvgIpc) is 2.80. The van der Waals surface area contributed by atoms with Gasteiger partial charge in [-0.2, -0.15) is 5.10 Å². The average molecular weight is 553 g/mol. The van der Waals surface area contributed by atoms with E-state index in [-0.39, 0.29) is 22.9 Å². The largest absolute Gasteiger partial charge is 0.493 e.